The Bertz CT molecular complexity index is 1150. The Hall–Kier alpha value is -3.54. The zero-order valence-electron chi connectivity index (χ0n) is 13.8. The number of anilines is 1. The van der Waals surface area contributed by atoms with E-state index in [1.54, 1.807) is 19.1 Å². The van der Waals surface area contributed by atoms with Crippen LogP contribution in [0.1, 0.15) is 12.5 Å². The third kappa shape index (κ3) is 2.61. The number of halogens is 1. The maximum absolute atomic E-state index is 13.4. The van der Waals surface area contributed by atoms with Crippen LogP contribution in [-0.4, -0.2) is 11.6 Å². The first-order valence-electron chi connectivity index (χ1n) is 7.92. The molecule has 0 bridgehead atoms. The molecule has 2 aromatic carbocycles. The summed E-state index contributed by atoms with van der Waals surface area (Å²) in [7, 11) is 0. The summed E-state index contributed by atoms with van der Waals surface area (Å²) in [5.74, 6) is -0.869. The van der Waals surface area contributed by atoms with Crippen LogP contribution in [0.4, 0.5) is 10.1 Å². The molecule has 3 aromatic rings. The minimum atomic E-state index is -0.528. The van der Waals surface area contributed by atoms with Gasteiger partial charge in [-0.3, -0.25) is 9.59 Å². The molecule has 0 unspecified atom stereocenters. The van der Waals surface area contributed by atoms with Crippen molar-refractivity contribution >= 4 is 34.4 Å². The number of fused-ring (bicyclic) bond motifs is 1. The average molecular weight is 348 g/mol. The number of hydrazone groups is 1. The average Bonchev–Trinajstić information content (AvgIpc) is 2.93. The zero-order valence-corrected chi connectivity index (χ0v) is 13.8. The van der Waals surface area contributed by atoms with Crippen molar-refractivity contribution in [3.63, 3.8) is 0 Å². The van der Waals surface area contributed by atoms with Crippen LogP contribution >= 0.6 is 0 Å². The maximum Gasteiger partial charge on any atom is 0.280 e. The van der Waals surface area contributed by atoms with E-state index in [4.69, 9.17) is 4.42 Å². The summed E-state index contributed by atoms with van der Waals surface area (Å²) in [4.78, 5) is 25.3. The highest BCUT2D eigenvalue weighted by Crippen LogP contribution is 2.24. The van der Waals surface area contributed by atoms with E-state index in [0.717, 1.165) is 6.07 Å². The fraction of sp³-hybridized carbons (Fsp3) is 0.0500. The zero-order chi connectivity index (χ0) is 18.3. The molecular formula is C20H13FN2O3. The predicted molar refractivity (Wildman–Crippen MR) is 97.5 cm³/mol. The second-order valence-corrected chi connectivity index (χ2v) is 5.86. The molecule has 0 atom stereocenters. The van der Waals surface area contributed by atoms with Crippen molar-refractivity contribution in [3.8, 4) is 0 Å². The Morgan fingerprint density at radius 2 is 1.88 bits per heavy atom. The molecule has 0 spiro atoms. The van der Waals surface area contributed by atoms with E-state index in [0.29, 0.717) is 11.4 Å². The maximum atomic E-state index is 13.4. The number of carbonyl (C=O) groups is 1. The standard InChI is InChI=1S/C20H13FN2O3/c1-12-16(20(25)23(22-12)15-5-3-2-4-6-15)9-13-11-26-18-8-7-14(21)10-17(18)19(13)24/h2-11H,1H3. The van der Waals surface area contributed by atoms with Crippen molar-refractivity contribution in [2.24, 2.45) is 5.10 Å². The number of benzene rings is 2. The molecule has 26 heavy (non-hydrogen) atoms. The van der Waals surface area contributed by atoms with E-state index >= 15 is 0 Å². The first-order valence-corrected chi connectivity index (χ1v) is 7.92. The van der Waals surface area contributed by atoms with Crippen LogP contribution < -0.4 is 10.4 Å². The van der Waals surface area contributed by atoms with Gasteiger partial charge in [0, 0.05) is 0 Å². The normalized spacial score (nSPS) is 15.8. The predicted octanol–water partition coefficient (Wildman–Crippen LogP) is 3.74. The number of amides is 1. The molecule has 1 aromatic heterocycles. The molecule has 0 saturated heterocycles. The molecular weight excluding hydrogens is 335 g/mol. The first-order chi connectivity index (χ1) is 12.5. The number of nitrogens with zero attached hydrogens (tertiary/aromatic N) is 2. The van der Waals surface area contributed by atoms with Gasteiger partial charge in [0.1, 0.15) is 17.7 Å². The highest BCUT2D eigenvalue weighted by Gasteiger charge is 2.28. The SMILES string of the molecule is CC1=NN(c2ccccc2)C(=O)C1=Cc1coc2ccc(F)cc2c1=O. The van der Waals surface area contributed by atoms with Crippen molar-refractivity contribution in [3.05, 3.63) is 82.0 Å². The molecule has 6 heteroatoms. The number of para-hydroxylation sites is 1. The van der Waals surface area contributed by atoms with Crippen LogP contribution in [0.15, 0.2) is 74.7 Å². The lowest BCUT2D eigenvalue weighted by Gasteiger charge is -2.10. The minimum absolute atomic E-state index is 0.124. The molecule has 2 heterocycles. The summed E-state index contributed by atoms with van der Waals surface area (Å²) in [5, 5.41) is 5.67. The Kier molecular flexibility index (Phi) is 3.73. The minimum Gasteiger partial charge on any atom is -0.463 e. The number of rotatable bonds is 2. The van der Waals surface area contributed by atoms with Gasteiger partial charge < -0.3 is 4.42 Å². The molecule has 0 N–H and O–H groups in total. The number of hydrogen-bond donors (Lipinski definition) is 0. The highest BCUT2D eigenvalue weighted by molar-refractivity contribution is 6.32. The van der Waals surface area contributed by atoms with Crippen LogP contribution in [0.25, 0.3) is 17.0 Å². The summed E-state index contributed by atoms with van der Waals surface area (Å²) in [6.45, 7) is 1.69. The summed E-state index contributed by atoms with van der Waals surface area (Å²) < 4.78 is 18.8. The molecule has 128 valence electrons. The van der Waals surface area contributed by atoms with E-state index in [1.165, 1.54) is 29.5 Å². The third-order valence-corrected chi connectivity index (χ3v) is 4.12. The van der Waals surface area contributed by atoms with Crippen LogP contribution in [0.3, 0.4) is 0 Å². The molecule has 0 radical (unpaired) electrons. The van der Waals surface area contributed by atoms with Crippen molar-refractivity contribution in [2.75, 3.05) is 5.01 Å². The van der Waals surface area contributed by atoms with Gasteiger partial charge in [-0.05, 0) is 43.3 Å². The van der Waals surface area contributed by atoms with Gasteiger partial charge in [-0.2, -0.15) is 10.1 Å². The van der Waals surface area contributed by atoms with Gasteiger partial charge in [0.05, 0.1) is 27.9 Å². The largest absolute Gasteiger partial charge is 0.463 e. The van der Waals surface area contributed by atoms with E-state index in [2.05, 4.69) is 5.10 Å². The van der Waals surface area contributed by atoms with Crippen molar-refractivity contribution in [2.45, 2.75) is 6.92 Å². The fourth-order valence-corrected chi connectivity index (χ4v) is 2.80. The molecule has 0 aliphatic carbocycles. The van der Waals surface area contributed by atoms with Gasteiger partial charge in [-0.25, -0.2) is 4.39 Å². The summed E-state index contributed by atoms with van der Waals surface area (Å²) in [6.07, 6.45) is 2.70. The van der Waals surface area contributed by atoms with Gasteiger partial charge in [-0.1, -0.05) is 18.2 Å². The van der Waals surface area contributed by atoms with Crippen LogP contribution in [0.5, 0.6) is 0 Å². The van der Waals surface area contributed by atoms with Crippen LogP contribution in [0.2, 0.25) is 0 Å². The highest BCUT2D eigenvalue weighted by atomic mass is 19.1. The molecule has 0 fully saturated rings. The molecule has 4 rings (SSSR count). The fourth-order valence-electron chi connectivity index (χ4n) is 2.80. The molecule has 1 aliphatic rings. The lowest BCUT2D eigenvalue weighted by atomic mass is 10.1. The van der Waals surface area contributed by atoms with Crippen LogP contribution in [-0.2, 0) is 4.79 Å². The van der Waals surface area contributed by atoms with Gasteiger partial charge in [0.2, 0.25) is 0 Å². The van der Waals surface area contributed by atoms with Crippen molar-refractivity contribution < 1.29 is 13.6 Å². The van der Waals surface area contributed by atoms with Crippen LogP contribution in [0, 0.1) is 5.82 Å². The molecule has 1 aliphatic heterocycles. The van der Waals surface area contributed by atoms with Gasteiger partial charge in [-0.15, -0.1) is 0 Å². The van der Waals surface area contributed by atoms with E-state index in [9.17, 15) is 14.0 Å². The Morgan fingerprint density at radius 3 is 2.65 bits per heavy atom. The first kappa shape index (κ1) is 16.0. The van der Waals surface area contributed by atoms with E-state index in [1.807, 2.05) is 18.2 Å². The number of carbonyl (C=O) groups excluding carboxylic acids is 1. The summed E-state index contributed by atoms with van der Waals surface area (Å²) in [5.41, 5.74) is 1.45. The molecule has 5 nitrogen and oxygen atoms in total. The monoisotopic (exact) mass is 348 g/mol. The van der Waals surface area contributed by atoms with Gasteiger partial charge in [0.25, 0.3) is 5.91 Å². The van der Waals surface area contributed by atoms with Gasteiger partial charge >= 0.3 is 0 Å². The van der Waals surface area contributed by atoms with E-state index in [-0.39, 0.29) is 28.0 Å². The summed E-state index contributed by atoms with van der Waals surface area (Å²) in [6, 6.07) is 12.7. The molecule has 1 amide bonds. The quantitative estimate of drug-likeness (QED) is 0.663. The Labute approximate surface area is 147 Å². The Morgan fingerprint density at radius 1 is 1.12 bits per heavy atom. The van der Waals surface area contributed by atoms with E-state index < -0.39 is 11.2 Å². The van der Waals surface area contributed by atoms with Crippen molar-refractivity contribution in [1.29, 1.82) is 0 Å². The molecule has 0 saturated carbocycles. The summed E-state index contributed by atoms with van der Waals surface area (Å²) >= 11 is 0. The smallest absolute Gasteiger partial charge is 0.280 e. The van der Waals surface area contributed by atoms with Gasteiger partial charge in [0.15, 0.2) is 5.43 Å². The second-order valence-electron chi connectivity index (χ2n) is 5.86. The lowest BCUT2D eigenvalue weighted by Crippen LogP contribution is -2.21. The lowest BCUT2D eigenvalue weighted by molar-refractivity contribution is -0.114. The Balaban J connectivity index is 1.79. The third-order valence-electron chi connectivity index (χ3n) is 4.12. The van der Waals surface area contributed by atoms with Crippen molar-refractivity contribution in [1.82, 2.24) is 0 Å². The second kappa shape index (κ2) is 6.07. The number of hydrogen-bond acceptors (Lipinski definition) is 4. The topological polar surface area (TPSA) is 62.9 Å².